The zero-order valence-electron chi connectivity index (χ0n) is 11.5. The van der Waals surface area contributed by atoms with Crippen LogP contribution in [0.1, 0.15) is 24.8 Å². The second-order valence-corrected chi connectivity index (χ2v) is 5.35. The Bertz CT molecular complexity index is 526. The quantitative estimate of drug-likeness (QED) is 0.877. The number of hydrogen-bond donors (Lipinski definition) is 1. The van der Waals surface area contributed by atoms with Gasteiger partial charge in [0, 0.05) is 12.1 Å². The van der Waals surface area contributed by atoms with E-state index in [2.05, 4.69) is 4.74 Å². The van der Waals surface area contributed by atoms with E-state index in [-0.39, 0.29) is 17.7 Å². The van der Waals surface area contributed by atoms with E-state index in [1.165, 1.54) is 18.2 Å². The van der Waals surface area contributed by atoms with Gasteiger partial charge >= 0.3 is 12.3 Å². The molecule has 1 fully saturated rings. The fourth-order valence-corrected chi connectivity index (χ4v) is 2.40. The van der Waals surface area contributed by atoms with Gasteiger partial charge in [0.05, 0.1) is 6.42 Å². The minimum Gasteiger partial charge on any atom is -0.481 e. The van der Waals surface area contributed by atoms with E-state index in [4.69, 9.17) is 5.11 Å². The Labute approximate surface area is 120 Å². The summed E-state index contributed by atoms with van der Waals surface area (Å²) in [6, 6.07) is 5.74. The first-order valence-corrected chi connectivity index (χ1v) is 6.48. The lowest BCUT2D eigenvalue weighted by molar-refractivity contribution is -0.274. The van der Waals surface area contributed by atoms with Gasteiger partial charge in [-0.3, -0.25) is 9.69 Å². The lowest BCUT2D eigenvalue weighted by atomic mass is 10.1. The van der Waals surface area contributed by atoms with Crippen LogP contribution in [0.4, 0.5) is 13.2 Å². The van der Waals surface area contributed by atoms with Crippen molar-refractivity contribution in [1.29, 1.82) is 0 Å². The van der Waals surface area contributed by atoms with Gasteiger partial charge in [-0.2, -0.15) is 0 Å². The molecule has 0 radical (unpaired) electrons. The molecular weight excluding hydrogens is 287 g/mol. The number of alkyl halides is 3. The first-order valence-electron chi connectivity index (χ1n) is 6.48. The van der Waals surface area contributed by atoms with Crippen molar-refractivity contribution in [2.75, 3.05) is 7.05 Å². The lowest BCUT2D eigenvalue weighted by Crippen LogP contribution is -2.35. The first-order chi connectivity index (χ1) is 9.70. The fourth-order valence-electron chi connectivity index (χ4n) is 2.40. The Morgan fingerprint density at radius 2 is 2.10 bits per heavy atom. The Hall–Kier alpha value is -1.76. The van der Waals surface area contributed by atoms with E-state index >= 15 is 0 Å². The highest BCUT2D eigenvalue weighted by molar-refractivity contribution is 5.69. The molecule has 21 heavy (non-hydrogen) atoms. The molecule has 0 heterocycles. The van der Waals surface area contributed by atoms with Gasteiger partial charge in [-0.1, -0.05) is 12.1 Å². The van der Waals surface area contributed by atoms with E-state index in [1.807, 2.05) is 4.90 Å². The highest BCUT2D eigenvalue weighted by Gasteiger charge is 2.47. The minimum atomic E-state index is -4.72. The van der Waals surface area contributed by atoms with E-state index < -0.39 is 12.3 Å². The molecule has 1 aliphatic rings. The summed E-state index contributed by atoms with van der Waals surface area (Å²) >= 11 is 0. The molecule has 1 aromatic rings. The standard InChI is InChI=1S/C14H16F3NO3/c1-18(13(5-6-13)8-12(19)20)9-10-3-2-4-11(7-10)21-14(15,16)17/h2-4,7H,5-6,8-9H2,1H3,(H,19,20). The molecule has 1 N–H and O–H groups in total. The Morgan fingerprint density at radius 1 is 1.43 bits per heavy atom. The van der Waals surface area contributed by atoms with Gasteiger partial charge in [0.1, 0.15) is 5.75 Å². The number of carbonyl (C=O) groups is 1. The van der Waals surface area contributed by atoms with Crippen LogP contribution in [0.15, 0.2) is 24.3 Å². The van der Waals surface area contributed by atoms with Crippen molar-refractivity contribution in [3.8, 4) is 5.75 Å². The number of ether oxygens (including phenoxy) is 1. The number of aliphatic carboxylic acids is 1. The molecule has 1 aliphatic carbocycles. The van der Waals surface area contributed by atoms with Gasteiger partial charge in [0.15, 0.2) is 0 Å². The van der Waals surface area contributed by atoms with Gasteiger partial charge in [0.25, 0.3) is 0 Å². The summed E-state index contributed by atoms with van der Waals surface area (Å²) in [6.45, 7) is 0.377. The minimum absolute atomic E-state index is 0.0439. The monoisotopic (exact) mass is 303 g/mol. The van der Waals surface area contributed by atoms with Crippen molar-refractivity contribution in [3.63, 3.8) is 0 Å². The summed E-state index contributed by atoms with van der Waals surface area (Å²) < 4.78 is 40.4. The highest BCUT2D eigenvalue weighted by atomic mass is 19.4. The van der Waals surface area contributed by atoms with Crippen molar-refractivity contribution in [2.45, 2.75) is 37.7 Å². The molecule has 0 spiro atoms. The summed E-state index contributed by atoms with van der Waals surface area (Å²) in [4.78, 5) is 12.7. The van der Waals surface area contributed by atoms with E-state index in [1.54, 1.807) is 13.1 Å². The van der Waals surface area contributed by atoms with Crippen LogP contribution in [0.2, 0.25) is 0 Å². The lowest BCUT2D eigenvalue weighted by Gasteiger charge is -2.26. The van der Waals surface area contributed by atoms with Crippen molar-refractivity contribution < 1.29 is 27.8 Å². The molecule has 2 rings (SSSR count). The maximum Gasteiger partial charge on any atom is 0.573 e. The molecule has 0 saturated heterocycles. The topological polar surface area (TPSA) is 49.8 Å². The number of nitrogens with zero attached hydrogens (tertiary/aromatic N) is 1. The van der Waals surface area contributed by atoms with Crippen LogP contribution in [-0.4, -0.2) is 34.9 Å². The van der Waals surface area contributed by atoms with Crippen molar-refractivity contribution >= 4 is 5.97 Å². The second-order valence-electron chi connectivity index (χ2n) is 5.35. The number of benzene rings is 1. The third-order valence-electron chi connectivity index (χ3n) is 3.67. The molecule has 1 saturated carbocycles. The molecule has 0 unspecified atom stereocenters. The molecule has 0 aromatic heterocycles. The van der Waals surface area contributed by atoms with Crippen molar-refractivity contribution in [2.24, 2.45) is 0 Å². The van der Waals surface area contributed by atoms with Gasteiger partial charge in [-0.25, -0.2) is 0 Å². The average Bonchev–Trinajstić information content (AvgIpc) is 3.07. The first kappa shape index (κ1) is 15.6. The molecule has 4 nitrogen and oxygen atoms in total. The molecular formula is C14H16F3NO3. The molecule has 0 bridgehead atoms. The van der Waals surface area contributed by atoms with Gasteiger partial charge < -0.3 is 9.84 Å². The molecule has 7 heteroatoms. The maximum atomic E-state index is 12.2. The fraction of sp³-hybridized carbons (Fsp3) is 0.500. The average molecular weight is 303 g/mol. The van der Waals surface area contributed by atoms with Crippen LogP contribution >= 0.6 is 0 Å². The highest BCUT2D eigenvalue weighted by Crippen LogP contribution is 2.44. The SMILES string of the molecule is CN(Cc1cccc(OC(F)(F)F)c1)C1(CC(=O)O)CC1. The number of carboxylic acids is 1. The zero-order chi connectivity index (χ0) is 15.7. The maximum absolute atomic E-state index is 12.2. The molecule has 0 amide bonds. The van der Waals surface area contributed by atoms with Crippen LogP contribution in [-0.2, 0) is 11.3 Å². The Kier molecular flexibility index (Phi) is 4.13. The normalized spacial score (nSPS) is 16.8. The third kappa shape index (κ3) is 4.35. The summed E-state index contributed by atoms with van der Waals surface area (Å²) in [5.41, 5.74) is 0.281. The van der Waals surface area contributed by atoms with Crippen LogP contribution in [0.25, 0.3) is 0 Å². The van der Waals surface area contributed by atoms with Crippen LogP contribution in [0.5, 0.6) is 5.75 Å². The van der Waals surface area contributed by atoms with Crippen LogP contribution in [0.3, 0.4) is 0 Å². The van der Waals surface area contributed by atoms with Gasteiger partial charge in [-0.15, -0.1) is 13.2 Å². The molecule has 1 aromatic carbocycles. The van der Waals surface area contributed by atoms with Crippen LogP contribution < -0.4 is 4.74 Å². The summed E-state index contributed by atoms with van der Waals surface area (Å²) in [7, 11) is 1.78. The van der Waals surface area contributed by atoms with E-state index in [9.17, 15) is 18.0 Å². The summed E-state index contributed by atoms with van der Waals surface area (Å²) in [5, 5.41) is 8.90. The number of hydrogen-bond acceptors (Lipinski definition) is 3. The molecule has 0 aliphatic heterocycles. The van der Waals surface area contributed by atoms with E-state index in [0.29, 0.717) is 12.1 Å². The van der Waals surface area contributed by atoms with Crippen molar-refractivity contribution in [3.05, 3.63) is 29.8 Å². The number of carboxylic acid groups (broad SMARTS) is 1. The molecule has 116 valence electrons. The Balaban J connectivity index is 2.03. The van der Waals surface area contributed by atoms with Gasteiger partial charge in [0.2, 0.25) is 0 Å². The van der Waals surface area contributed by atoms with E-state index in [0.717, 1.165) is 12.8 Å². The number of rotatable bonds is 6. The zero-order valence-corrected chi connectivity index (χ0v) is 11.5. The molecule has 0 atom stereocenters. The third-order valence-corrected chi connectivity index (χ3v) is 3.67. The predicted octanol–water partition coefficient (Wildman–Crippen LogP) is 3.02. The van der Waals surface area contributed by atoms with Crippen LogP contribution in [0, 0.1) is 0 Å². The summed E-state index contributed by atoms with van der Waals surface area (Å²) in [6.07, 6.45) is -3.10. The summed E-state index contributed by atoms with van der Waals surface area (Å²) in [5.74, 6) is -1.13. The predicted molar refractivity (Wildman–Crippen MR) is 68.8 cm³/mol. The second kappa shape index (κ2) is 5.55. The largest absolute Gasteiger partial charge is 0.573 e. The van der Waals surface area contributed by atoms with Crippen molar-refractivity contribution in [1.82, 2.24) is 4.90 Å². The number of halogens is 3. The smallest absolute Gasteiger partial charge is 0.481 e. The Morgan fingerprint density at radius 3 is 2.62 bits per heavy atom. The van der Waals surface area contributed by atoms with Gasteiger partial charge in [-0.05, 0) is 37.6 Å².